The Morgan fingerprint density at radius 2 is 0.520 bits per heavy atom. The molecule has 5 heteroatoms. The van der Waals surface area contributed by atoms with Crippen LogP contribution in [0.25, 0.3) is 0 Å². The summed E-state index contributed by atoms with van der Waals surface area (Å²) in [7, 11) is 9.87. The van der Waals surface area contributed by atoms with Gasteiger partial charge in [0.15, 0.2) is 0 Å². The summed E-state index contributed by atoms with van der Waals surface area (Å²) in [6, 6.07) is 40.0. The number of hydrogen-bond donors (Lipinski definition) is 0. The molecule has 134 valence electrons. The van der Waals surface area contributed by atoms with Crippen molar-refractivity contribution in [2.45, 2.75) is 0 Å². The molecule has 25 heavy (non-hydrogen) atoms. The maximum atomic E-state index is 4.93. The molecule has 0 aromatic heterocycles. The summed E-state index contributed by atoms with van der Waals surface area (Å²) in [5.74, 6) is 0. The molecule has 0 saturated heterocycles. The first-order valence-corrected chi connectivity index (χ1v) is 14.3. The van der Waals surface area contributed by atoms with Crippen molar-refractivity contribution >= 4 is 36.7 Å². The van der Waals surface area contributed by atoms with Crippen molar-refractivity contribution in [3.8, 4) is 0 Å². The molecule has 4 aromatic rings. The summed E-state index contributed by atoms with van der Waals surface area (Å²) in [5, 5.41) is 0. The fourth-order valence-electron chi connectivity index (χ4n) is 1.28. The second kappa shape index (κ2) is 28.6. The molecule has 0 aliphatic carbocycles. The van der Waals surface area contributed by atoms with Crippen LogP contribution in [0.4, 0.5) is 0 Å². The van der Waals surface area contributed by atoms with Crippen molar-refractivity contribution in [2.75, 3.05) is 0 Å². The van der Waals surface area contributed by atoms with E-state index in [1.807, 2.05) is 121 Å². The van der Waals surface area contributed by atoms with Gasteiger partial charge in [0.1, 0.15) is 0 Å². The van der Waals surface area contributed by atoms with E-state index < -0.39 is 18.9 Å². The molecule has 0 aliphatic rings. The van der Waals surface area contributed by atoms with Crippen LogP contribution in [0.3, 0.4) is 0 Å². The standard InChI is InChI=1S/4C5H5.2ClH.2Fe.Sn/c4*1-2-4-5-3-1;;;;;/h4*1-5H;2*1H;;;/q4*-1;;;3*+2/p-2. The van der Waals surface area contributed by atoms with Crippen molar-refractivity contribution in [1.82, 2.24) is 0 Å². The van der Waals surface area contributed by atoms with Gasteiger partial charge < -0.3 is 0 Å². The molecule has 0 bridgehead atoms. The normalized spacial score (nSPS) is 7.12. The Labute approximate surface area is 190 Å². The molecule has 0 fully saturated rings. The van der Waals surface area contributed by atoms with Gasteiger partial charge in [-0.1, -0.05) is 0 Å². The Hall–Kier alpha value is -0.182. The van der Waals surface area contributed by atoms with Crippen LogP contribution in [0.15, 0.2) is 121 Å². The summed E-state index contributed by atoms with van der Waals surface area (Å²) in [4.78, 5) is 0. The Kier molecular flexibility index (Phi) is 33.9. The van der Waals surface area contributed by atoms with Gasteiger partial charge in [-0.2, -0.15) is 72.8 Å². The van der Waals surface area contributed by atoms with E-state index in [1.165, 1.54) is 0 Å². The first kappa shape index (κ1) is 29.6. The van der Waals surface area contributed by atoms with E-state index in [-0.39, 0.29) is 34.1 Å². The van der Waals surface area contributed by atoms with Crippen LogP contribution in [-0.2, 0) is 34.1 Å². The molecule has 0 nitrogen and oxygen atoms in total. The van der Waals surface area contributed by atoms with Crippen LogP contribution in [0.1, 0.15) is 0 Å². The molecule has 4 aromatic carbocycles. The molecular formula is C20H20Cl2Fe2Sn. The fraction of sp³-hybridized carbons (Fsp3) is 0. The number of rotatable bonds is 0. The van der Waals surface area contributed by atoms with Crippen molar-refractivity contribution in [1.29, 1.82) is 0 Å². The van der Waals surface area contributed by atoms with E-state index in [1.54, 1.807) is 0 Å². The first-order valence-electron chi connectivity index (χ1n) is 7.04. The average Bonchev–Trinajstić information content (AvgIpc) is 3.47. The third kappa shape index (κ3) is 28.9. The molecular weight excluding hydrogens is 542 g/mol. The summed E-state index contributed by atoms with van der Waals surface area (Å²) >= 11 is -0.826. The minimum Gasteiger partial charge on any atom is -0.214 e. The van der Waals surface area contributed by atoms with Gasteiger partial charge in [0.25, 0.3) is 0 Å². The largest absolute Gasteiger partial charge is 2.00 e. The van der Waals surface area contributed by atoms with Gasteiger partial charge in [-0.05, 0) is 0 Å². The van der Waals surface area contributed by atoms with E-state index in [2.05, 4.69) is 0 Å². The van der Waals surface area contributed by atoms with Crippen LogP contribution < -0.4 is 0 Å². The molecule has 0 aliphatic heterocycles. The van der Waals surface area contributed by atoms with Crippen LogP contribution in [0, 0.1) is 0 Å². The Balaban J connectivity index is -0.000000240. The number of hydrogen-bond acceptors (Lipinski definition) is 0. The second-order valence-electron chi connectivity index (χ2n) is 3.92. The first-order chi connectivity index (χ1) is 11.4. The molecule has 0 saturated carbocycles. The topological polar surface area (TPSA) is 0 Å². The zero-order chi connectivity index (χ0) is 16.8. The molecule has 0 spiro atoms. The quantitative estimate of drug-likeness (QED) is 0.167. The maximum Gasteiger partial charge on any atom is 2.00 e. The molecule has 0 heterocycles. The number of halogens is 2. The predicted molar refractivity (Wildman–Crippen MR) is 106 cm³/mol. The zero-order valence-electron chi connectivity index (χ0n) is 13.5. The van der Waals surface area contributed by atoms with Gasteiger partial charge in [0, 0.05) is 0 Å². The predicted octanol–water partition coefficient (Wildman–Crippen LogP) is 6.62. The van der Waals surface area contributed by atoms with Crippen molar-refractivity contribution in [2.24, 2.45) is 0 Å². The molecule has 0 unspecified atom stereocenters. The van der Waals surface area contributed by atoms with E-state index in [0.717, 1.165) is 0 Å². The van der Waals surface area contributed by atoms with Crippen LogP contribution >= 0.6 is 17.8 Å². The molecule has 0 atom stereocenters. The van der Waals surface area contributed by atoms with Crippen LogP contribution in [-0.4, -0.2) is 18.9 Å². The van der Waals surface area contributed by atoms with Gasteiger partial charge in [-0.3, -0.25) is 0 Å². The summed E-state index contributed by atoms with van der Waals surface area (Å²) in [6.07, 6.45) is 0. The van der Waals surface area contributed by atoms with Crippen LogP contribution in [0.5, 0.6) is 0 Å². The van der Waals surface area contributed by atoms with Crippen LogP contribution in [0.2, 0.25) is 0 Å². The molecule has 0 amide bonds. The third-order valence-electron chi connectivity index (χ3n) is 2.22. The van der Waals surface area contributed by atoms with Crippen molar-refractivity contribution < 1.29 is 34.1 Å². The Morgan fingerprint density at radius 3 is 0.560 bits per heavy atom. The van der Waals surface area contributed by atoms with Gasteiger partial charge in [-0.25, -0.2) is 48.5 Å². The minimum atomic E-state index is -0.826. The summed E-state index contributed by atoms with van der Waals surface area (Å²) in [5.41, 5.74) is 0. The van der Waals surface area contributed by atoms with Crippen molar-refractivity contribution in [3.63, 3.8) is 0 Å². The zero-order valence-corrected chi connectivity index (χ0v) is 20.1. The minimum absolute atomic E-state index is 0. The van der Waals surface area contributed by atoms with E-state index in [4.69, 9.17) is 17.8 Å². The Morgan fingerprint density at radius 1 is 0.400 bits per heavy atom. The van der Waals surface area contributed by atoms with Gasteiger partial charge in [0.2, 0.25) is 0 Å². The Bertz CT molecular complexity index is 371. The smallest absolute Gasteiger partial charge is 0.214 e. The van der Waals surface area contributed by atoms with Gasteiger partial charge >= 0.3 is 70.9 Å². The summed E-state index contributed by atoms with van der Waals surface area (Å²) < 4.78 is 0. The van der Waals surface area contributed by atoms with E-state index in [0.29, 0.717) is 0 Å². The summed E-state index contributed by atoms with van der Waals surface area (Å²) in [6.45, 7) is 0. The molecule has 2 radical (unpaired) electrons. The third-order valence-corrected chi connectivity index (χ3v) is 2.22. The van der Waals surface area contributed by atoms with Crippen molar-refractivity contribution in [3.05, 3.63) is 121 Å². The molecule has 4 rings (SSSR count). The van der Waals surface area contributed by atoms with Gasteiger partial charge in [0.05, 0.1) is 0 Å². The monoisotopic (exact) mass is 562 g/mol. The van der Waals surface area contributed by atoms with E-state index in [9.17, 15) is 0 Å². The van der Waals surface area contributed by atoms with E-state index >= 15 is 0 Å². The second-order valence-corrected chi connectivity index (χ2v) is 8.16. The fourth-order valence-corrected chi connectivity index (χ4v) is 1.28. The molecule has 0 N–H and O–H groups in total. The maximum absolute atomic E-state index is 4.93. The van der Waals surface area contributed by atoms with Gasteiger partial charge in [-0.15, -0.1) is 0 Å². The SMILES string of the molecule is [Cl][Sn][Cl].[Fe+2].[Fe+2].c1cc[cH-]c1.c1cc[cH-]c1.c1cc[cH-]c1.c1cc[cH-]c1. The average molecular weight is 562 g/mol.